The Morgan fingerprint density at radius 1 is 1.14 bits per heavy atom. The van der Waals surface area contributed by atoms with E-state index >= 15 is 0 Å². The van der Waals surface area contributed by atoms with Crippen LogP contribution in [-0.4, -0.2) is 35.6 Å². The van der Waals surface area contributed by atoms with Gasteiger partial charge in [-0.1, -0.05) is 30.3 Å². The van der Waals surface area contributed by atoms with Crippen molar-refractivity contribution in [1.82, 2.24) is 15.8 Å². The number of hydrogen-bond acceptors (Lipinski definition) is 3. The number of halogens is 3. The van der Waals surface area contributed by atoms with Crippen molar-refractivity contribution in [3.8, 4) is 0 Å². The number of rotatable bonds is 5. The Hall–Kier alpha value is -2.09. The molecule has 0 saturated carbocycles. The zero-order valence-electron chi connectivity index (χ0n) is 12.5. The van der Waals surface area contributed by atoms with E-state index in [2.05, 4.69) is 5.43 Å². The molecule has 2 N–H and O–H groups in total. The molecule has 0 heterocycles. The van der Waals surface area contributed by atoms with Crippen LogP contribution in [0.4, 0.5) is 13.2 Å². The molecule has 0 aliphatic rings. The third-order valence-corrected chi connectivity index (χ3v) is 2.92. The topological polar surface area (TPSA) is 61.4 Å². The highest BCUT2D eigenvalue weighted by molar-refractivity contribution is 5.92. The summed E-state index contributed by atoms with van der Waals surface area (Å²) in [5, 5.41) is 2.85. The standard InChI is InChI=1S/C14H18F3N3O2/c1-13(2,19-11(21)14(15,16)17)12(22)20(18-3)9-10-7-5-4-6-8-10/h4-8,18H,9H2,1-3H3,(H,19,21). The molecular weight excluding hydrogens is 299 g/mol. The summed E-state index contributed by atoms with van der Waals surface area (Å²) in [5.41, 5.74) is 1.71. The van der Waals surface area contributed by atoms with Crippen molar-refractivity contribution in [2.24, 2.45) is 0 Å². The molecule has 1 aromatic carbocycles. The van der Waals surface area contributed by atoms with Crippen molar-refractivity contribution in [2.75, 3.05) is 7.05 Å². The normalized spacial score (nSPS) is 11.9. The van der Waals surface area contributed by atoms with Crippen LogP contribution in [0, 0.1) is 0 Å². The van der Waals surface area contributed by atoms with Gasteiger partial charge in [0.05, 0.1) is 6.54 Å². The Morgan fingerprint density at radius 2 is 1.68 bits per heavy atom. The first-order valence-electron chi connectivity index (χ1n) is 6.50. The minimum atomic E-state index is -5.04. The molecule has 1 rings (SSSR count). The number of alkyl halides is 3. The van der Waals surface area contributed by atoms with Gasteiger partial charge >= 0.3 is 12.1 Å². The lowest BCUT2D eigenvalue weighted by atomic mass is 10.0. The second-order valence-corrected chi connectivity index (χ2v) is 5.18. The molecule has 8 heteroatoms. The Labute approximate surface area is 126 Å². The average Bonchev–Trinajstić information content (AvgIpc) is 2.43. The molecule has 0 fully saturated rings. The molecule has 22 heavy (non-hydrogen) atoms. The van der Waals surface area contributed by atoms with Crippen molar-refractivity contribution in [2.45, 2.75) is 32.1 Å². The quantitative estimate of drug-likeness (QED) is 0.811. The van der Waals surface area contributed by atoms with Crippen LogP contribution in [0.15, 0.2) is 30.3 Å². The van der Waals surface area contributed by atoms with Crippen LogP contribution < -0.4 is 10.7 Å². The molecule has 0 atom stereocenters. The summed E-state index contributed by atoms with van der Waals surface area (Å²) < 4.78 is 37.0. The van der Waals surface area contributed by atoms with Crippen molar-refractivity contribution >= 4 is 11.8 Å². The number of amides is 2. The smallest absolute Gasteiger partial charge is 0.334 e. The van der Waals surface area contributed by atoms with E-state index in [-0.39, 0.29) is 6.54 Å². The lowest BCUT2D eigenvalue weighted by molar-refractivity contribution is -0.176. The van der Waals surface area contributed by atoms with E-state index in [0.717, 1.165) is 10.6 Å². The first kappa shape index (κ1) is 18.0. The molecule has 0 radical (unpaired) electrons. The first-order chi connectivity index (χ1) is 10.1. The number of nitrogens with zero attached hydrogens (tertiary/aromatic N) is 1. The maximum absolute atomic E-state index is 12.3. The molecule has 0 aliphatic heterocycles. The maximum Gasteiger partial charge on any atom is 0.471 e. The summed E-state index contributed by atoms with van der Waals surface area (Å²) in [4.78, 5) is 23.4. The van der Waals surface area contributed by atoms with Gasteiger partial charge in [-0.15, -0.1) is 0 Å². The number of hydrazine groups is 1. The second-order valence-electron chi connectivity index (χ2n) is 5.18. The lowest BCUT2D eigenvalue weighted by Gasteiger charge is -2.32. The lowest BCUT2D eigenvalue weighted by Crippen LogP contribution is -2.60. The third kappa shape index (κ3) is 4.73. The molecule has 0 spiro atoms. The molecule has 2 amide bonds. The number of benzene rings is 1. The number of carbonyl (C=O) groups excluding carboxylic acids is 2. The fourth-order valence-corrected chi connectivity index (χ4v) is 1.76. The Balaban J connectivity index is 2.83. The monoisotopic (exact) mass is 317 g/mol. The largest absolute Gasteiger partial charge is 0.471 e. The van der Waals surface area contributed by atoms with Gasteiger partial charge in [0.2, 0.25) is 0 Å². The van der Waals surface area contributed by atoms with E-state index in [1.807, 2.05) is 6.07 Å². The van der Waals surface area contributed by atoms with Crippen LogP contribution in [0.5, 0.6) is 0 Å². The molecule has 0 aliphatic carbocycles. The van der Waals surface area contributed by atoms with Gasteiger partial charge in [0.25, 0.3) is 5.91 Å². The molecule has 0 unspecified atom stereocenters. The van der Waals surface area contributed by atoms with E-state index in [4.69, 9.17) is 0 Å². The van der Waals surface area contributed by atoms with Gasteiger partial charge in [-0.05, 0) is 19.4 Å². The Bertz CT molecular complexity index is 530. The highest BCUT2D eigenvalue weighted by Gasteiger charge is 2.44. The number of nitrogens with one attached hydrogen (secondary N) is 2. The average molecular weight is 317 g/mol. The van der Waals surface area contributed by atoms with E-state index < -0.39 is 23.5 Å². The van der Waals surface area contributed by atoms with E-state index in [9.17, 15) is 22.8 Å². The Morgan fingerprint density at radius 3 is 2.14 bits per heavy atom. The van der Waals surface area contributed by atoms with E-state index in [1.54, 1.807) is 29.6 Å². The molecule has 0 aromatic heterocycles. The van der Waals surface area contributed by atoms with Crippen molar-refractivity contribution in [1.29, 1.82) is 0 Å². The van der Waals surface area contributed by atoms with Crippen LogP contribution in [0.25, 0.3) is 0 Å². The van der Waals surface area contributed by atoms with Crippen LogP contribution in [0.1, 0.15) is 19.4 Å². The van der Waals surface area contributed by atoms with Gasteiger partial charge in [0.15, 0.2) is 0 Å². The summed E-state index contributed by atoms with van der Waals surface area (Å²) in [6, 6.07) is 8.93. The maximum atomic E-state index is 12.3. The predicted molar refractivity (Wildman–Crippen MR) is 74.3 cm³/mol. The summed E-state index contributed by atoms with van der Waals surface area (Å²) in [7, 11) is 1.47. The van der Waals surface area contributed by atoms with Gasteiger partial charge in [-0.2, -0.15) is 13.2 Å². The summed E-state index contributed by atoms with van der Waals surface area (Å²) >= 11 is 0. The van der Waals surface area contributed by atoms with Crippen LogP contribution in [0.3, 0.4) is 0 Å². The van der Waals surface area contributed by atoms with Gasteiger partial charge in [-0.25, -0.2) is 5.43 Å². The molecule has 122 valence electrons. The summed E-state index contributed by atoms with van der Waals surface area (Å²) in [6.07, 6.45) is -5.04. The highest BCUT2D eigenvalue weighted by atomic mass is 19.4. The van der Waals surface area contributed by atoms with Crippen molar-refractivity contribution in [3.05, 3.63) is 35.9 Å². The fourth-order valence-electron chi connectivity index (χ4n) is 1.76. The molecule has 0 saturated heterocycles. The van der Waals surface area contributed by atoms with Gasteiger partial charge in [-0.3, -0.25) is 14.6 Å². The minimum Gasteiger partial charge on any atom is -0.334 e. The second kappa shape index (κ2) is 6.78. The molecular formula is C14H18F3N3O2. The first-order valence-corrected chi connectivity index (χ1v) is 6.50. The molecule has 5 nitrogen and oxygen atoms in total. The number of carbonyl (C=O) groups is 2. The van der Waals surface area contributed by atoms with Gasteiger partial charge in [0, 0.05) is 7.05 Å². The third-order valence-electron chi connectivity index (χ3n) is 2.92. The fraction of sp³-hybridized carbons (Fsp3) is 0.429. The molecule has 1 aromatic rings. The van der Waals surface area contributed by atoms with Crippen molar-refractivity contribution < 1.29 is 22.8 Å². The number of hydrogen-bond donors (Lipinski definition) is 2. The minimum absolute atomic E-state index is 0.154. The predicted octanol–water partition coefficient (Wildman–Crippen LogP) is 1.61. The molecule has 0 bridgehead atoms. The van der Waals surface area contributed by atoms with Crippen LogP contribution in [0.2, 0.25) is 0 Å². The van der Waals surface area contributed by atoms with Gasteiger partial charge < -0.3 is 5.32 Å². The van der Waals surface area contributed by atoms with Gasteiger partial charge in [0.1, 0.15) is 5.54 Å². The van der Waals surface area contributed by atoms with Crippen LogP contribution in [-0.2, 0) is 16.1 Å². The van der Waals surface area contributed by atoms with Crippen molar-refractivity contribution in [3.63, 3.8) is 0 Å². The Kier molecular flexibility index (Phi) is 5.54. The van der Waals surface area contributed by atoms with E-state index in [0.29, 0.717) is 0 Å². The van der Waals surface area contributed by atoms with Crippen LogP contribution >= 0.6 is 0 Å². The highest BCUT2D eigenvalue weighted by Crippen LogP contribution is 2.18. The SMILES string of the molecule is CNN(Cc1ccccc1)C(=O)C(C)(C)NC(=O)C(F)(F)F. The summed E-state index contributed by atoms with van der Waals surface area (Å²) in [5.74, 6) is -2.84. The zero-order chi connectivity index (χ0) is 17.0. The zero-order valence-corrected chi connectivity index (χ0v) is 12.5. The summed E-state index contributed by atoms with van der Waals surface area (Å²) in [6.45, 7) is 2.59. The van der Waals surface area contributed by atoms with E-state index in [1.165, 1.54) is 20.9 Å².